The molecule has 2 aliphatic rings. The molecule has 0 saturated carbocycles. The lowest BCUT2D eigenvalue weighted by Crippen LogP contribution is -2.36. The number of aromatic nitrogens is 3. The maximum Gasteiger partial charge on any atom is 0.326 e. The van der Waals surface area contributed by atoms with Crippen LogP contribution in [0.5, 0.6) is 0 Å². The van der Waals surface area contributed by atoms with Gasteiger partial charge in [0.2, 0.25) is 16.8 Å². The molecule has 1 saturated heterocycles. The molecule has 0 aromatic carbocycles. The second-order valence-corrected chi connectivity index (χ2v) is 7.75. The molecule has 28 heavy (non-hydrogen) atoms. The van der Waals surface area contributed by atoms with Crippen LogP contribution in [0, 0.1) is 11.8 Å². The van der Waals surface area contributed by atoms with E-state index in [-0.39, 0.29) is 35.8 Å². The van der Waals surface area contributed by atoms with Crippen LogP contribution >= 0.6 is 11.3 Å². The number of fused-ring (bicyclic) bond motifs is 2. The molecule has 10 heteroatoms. The van der Waals surface area contributed by atoms with Crippen LogP contribution in [-0.4, -0.2) is 43.8 Å². The van der Waals surface area contributed by atoms with Crippen molar-refractivity contribution in [2.45, 2.75) is 32.8 Å². The minimum atomic E-state index is -0.714. The summed E-state index contributed by atoms with van der Waals surface area (Å²) in [5, 5.41) is 4.93. The number of hydrogen-bond donors (Lipinski definition) is 0. The van der Waals surface area contributed by atoms with Gasteiger partial charge in [-0.05, 0) is 19.3 Å². The topological polar surface area (TPSA) is 111 Å². The van der Waals surface area contributed by atoms with Crippen molar-refractivity contribution < 1.29 is 19.1 Å². The summed E-state index contributed by atoms with van der Waals surface area (Å²) in [5.74, 6) is -2.13. The number of carbonyl (C=O) groups excluding carboxylic acids is 3. The normalized spacial score (nSPS) is 21.4. The van der Waals surface area contributed by atoms with Crippen molar-refractivity contribution in [1.82, 2.24) is 19.5 Å². The van der Waals surface area contributed by atoms with Gasteiger partial charge in [0, 0.05) is 6.07 Å². The minimum Gasteiger partial charge on any atom is -0.458 e. The van der Waals surface area contributed by atoms with Gasteiger partial charge >= 0.3 is 5.97 Å². The van der Waals surface area contributed by atoms with Gasteiger partial charge in [0.1, 0.15) is 18.2 Å². The molecule has 3 heterocycles. The van der Waals surface area contributed by atoms with Crippen LogP contribution < -0.4 is 5.56 Å². The van der Waals surface area contributed by atoms with Gasteiger partial charge in [0.25, 0.3) is 5.56 Å². The Morgan fingerprint density at radius 2 is 1.89 bits per heavy atom. The van der Waals surface area contributed by atoms with Gasteiger partial charge in [-0.3, -0.25) is 24.1 Å². The molecule has 1 aliphatic carbocycles. The van der Waals surface area contributed by atoms with Gasteiger partial charge in [-0.1, -0.05) is 30.4 Å². The van der Waals surface area contributed by atoms with Gasteiger partial charge in [0.05, 0.1) is 17.5 Å². The van der Waals surface area contributed by atoms with Crippen molar-refractivity contribution in [3.8, 4) is 0 Å². The lowest BCUT2D eigenvalue weighted by molar-refractivity contribution is -0.153. The number of esters is 1. The van der Waals surface area contributed by atoms with Crippen molar-refractivity contribution >= 4 is 34.1 Å². The monoisotopic (exact) mass is 402 g/mol. The van der Waals surface area contributed by atoms with Crippen molar-refractivity contribution in [2.75, 3.05) is 6.54 Å². The van der Waals surface area contributed by atoms with Crippen molar-refractivity contribution in [3.05, 3.63) is 39.3 Å². The van der Waals surface area contributed by atoms with E-state index < -0.39 is 12.5 Å². The van der Waals surface area contributed by atoms with Crippen LogP contribution in [0.25, 0.3) is 4.96 Å². The highest BCUT2D eigenvalue weighted by molar-refractivity contribution is 7.16. The largest absolute Gasteiger partial charge is 0.458 e. The quantitative estimate of drug-likeness (QED) is 0.411. The van der Waals surface area contributed by atoms with E-state index in [2.05, 4.69) is 10.1 Å². The number of nitrogens with zero attached hydrogens (tertiary/aromatic N) is 4. The summed E-state index contributed by atoms with van der Waals surface area (Å²) in [4.78, 5) is 54.7. The summed E-state index contributed by atoms with van der Waals surface area (Å²) in [6.45, 7) is 1.29. The number of carbonyl (C=O) groups is 3. The molecule has 0 N–H and O–H groups in total. The van der Waals surface area contributed by atoms with Gasteiger partial charge in [0.15, 0.2) is 0 Å². The van der Waals surface area contributed by atoms with Crippen molar-refractivity contribution in [3.63, 3.8) is 0 Å². The Labute approximate surface area is 163 Å². The molecule has 2 atom stereocenters. The molecule has 2 aromatic rings. The standard InChI is InChI=1S/C18H18N4O5S/c1-2-13-20-22-14(23)7-10(19-18(22)28-13)9-27-15(24)8-21-16(25)11-5-3-4-6-12(11)17(21)26/h3-4,7,11-12H,2,5-6,8-9H2,1H3/t11-,12-/m0/s1. The van der Waals surface area contributed by atoms with E-state index in [0.717, 1.165) is 9.91 Å². The number of amides is 2. The van der Waals surface area contributed by atoms with Crippen LogP contribution in [-0.2, 0) is 32.1 Å². The number of rotatable bonds is 5. The summed E-state index contributed by atoms with van der Waals surface area (Å²) in [5.41, 5.74) is -0.0601. The van der Waals surface area contributed by atoms with E-state index in [1.807, 2.05) is 19.1 Å². The molecule has 2 aromatic heterocycles. The molecule has 1 aliphatic heterocycles. The lowest BCUT2D eigenvalue weighted by Gasteiger charge is -2.14. The second kappa shape index (κ2) is 7.27. The van der Waals surface area contributed by atoms with Crippen LogP contribution in [0.2, 0.25) is 0 Å². The first-order valence-corrected chi connectivity index (χ1v) is 9.84. The maximum atomic E-state index is 12.4. The predicted molar refractivity (Wildman–Crippen MR) is 98.4 cm³/mol. The molecule has 0 spiro atoms. The van der Waals surface area contributed by atoms with E-state index in [4.69, 9.17) is 4.74 Å². The van der Waals surface area contributed by atoms with Gasteiger partial charge in [-0.15, -0.1) is 0 Å². The summed E-state index contributed by atoms with van der Waals surface area (Å²) >= 11 is 1.29. The van der Waals surface area contributed by atoms with E-state index >= 15 is 0 Å². The van der Waals surface area contributed by atoms with Gasteiger partial charge in [-0.25, -0.2) is 4.98 Å². The molecular weight excluding hydrogens is 384 g/mol. The molecule has 9 nitrogen and oxygen atoms in total. The zero-order valence-corrected chi connectivity index (χ0v) is 16.0. The third kappa shape index (κ3) is 3.24. The summed E-state index contributed by atoms with van der Waals surface area (Å²) in [7, 11) is 0. The average Bonchev–Trinajstić information content (AvgIpc) is 3.22. The highest BCUT2D eigenvalue weighted by Crippen LogP contribution is 2.34. The Morgan fingerprint density at radius 1 is 1.21 bits per heavy atom. The molecule has 1 fully saturated rings. The fraction of sp³-hybridized carbons (Fsp3) is 0.444. The molecule has 0 radical (unpaired) electrons. The van der Waals surface area contributed by atoms with E-state index in [9.17, 15) is 19.2 Å². The zero-order chi connectivity index (χ0) is 19.8. The molecule has 0 bridgehead atoms. The lowest BCUT2D eigenvalue weighted by atomic mass is 9.85. The van der Waals surface area contributed by atoms with E-state index in [0.29, 0.717) is 29.9 Å². The molecule has 4 rings (SSSR count). The Bertz CT molecular complexity index is 1030. The SMILES string of the molecule is CCc1nn2c(=O)cc(COC(=O)CN3C(=O)[C@H]4CC=CC[C@@H]4C3=O)nc2s1. The Hall–Kier alpha value is -2.88. The van der Waals surface area contributed by atoms with Crippen molar-refractivity contribution in [1.29, 1.82) is 0 Å². The highest BCUT2D eigenvalue weighted by Gasteiger charge is 2.47. The van der Waals surface area contributed by atoms with Gasteiger partial charge < -0.3 is 4.74 Å². The number of imide groups is 1. The van der Waals surface area contributed by atoms with Crippen molar-refractivity contribution in [2.24, 2.45) is 11.8 Å². The van der Waals surface area contributed by atoms with Crippen LogP contribution in [0.3, 0.4) is 0 Å². The first-order chi connectivity index (χ1) is 13.5. The smallest absolute Gasteiger partial charge is 0.326 e. The maximum absolute atomic E-state index is 12.4. The number of likely N-dealkylation sites (tertiary alicyclic amines) is 1. The summed E-state index contributed by atoms with van der Waals surface area (Å²) in [6.07, 6.45) is 5.50. The molecular formula is C18H18N4O5S. The fourth-order valence-electron chi connectivity index (χ4n) is 3.47. The zero-order valence-electron chi connectivity index (χ0n) is 15.2. The first-order valence-electron chi connectivity index (χ1n) is 9.02. The Balaban J connectivity index is 1.41. The van der Waals surface area contributed by atoms with Gasteiger partial charge in [-0.2, -0.15) is 9.61 Å². The third-order valence-electron chi connectivity index (χ3n) is 4.91. The third-order valence-corrected chi connectivity index (χ3v) is 5.96. The van der Waals surface area contributed by atoms with E-state index in [1.165, 1.54) is 21.9 Å². The minimum absolute atomic E-state index is 0.214. The number of allylic oxidation sites excluding steroid dienone is 2. The van der Waals surface area contributed by atoms with E-state index in [1.54, 1.807) is 0 Å². The average molecular weight is 402 g/mol. The second-order valence-electron chi connectivity index (χ2n) is 6.71. The molecule has 146 valence electrons. The van der Waals surface area contributed by atoms with Crippen LogP contribution in [0.4, 0.5) is 0 Å². The Kier molecular flexibility index (Phi) is 4.80. The molecule has 0 unspecified atom stereocenters. The van der Waals surface area contributed by atoms with Crippen LogP contribution in [0.15, 0.2) is 23.0 Å². The molecule has 2 amide bonds. The Morgan fingerprint density at radius 3 is 2.54 bits per heavy atom. The first kappa shape index (κ1) is 18.5. The van der Waals surface area contributed by atoms with Crippen LogP contribution in [0.1, 0.15) is 30.5 Å². The predicted octanol–water partition coefficient (Wildman–Crippen LogP) is 0.708. The highest BCUT2D eigenvalue weighted by atomic mass is 32.1. The number of hydrogen-bond acceptors (Lipinski definition) is 8. The summed E-state index contributed by atoms with van der Waals surface area (Å²) in [6, 6.07) is 1.26. The number of aryl methyl sites for hydroxylation is 1. The summed E-state index contributed by atoms with van der Waals surface area (Å²) < 4.78 is 6.36. The number of ether oxygens (including phenoxy) is 1. The fourth-order valence-corrected chi connectivity index (χ4v) is 4.32.